The Bertz CT molecular complexity index is 4850. The number of alkyl carbamates (subject to hydrolysis) is 2. The van der Waals surface area contributed by atoms with E-state index in [1.54, 1.807) is 37.5 Å². The predicted octanol–water partition coefficient (Wildman–Crippen LogP) is 21.7. The fourth-order valence-corrected chi connectivity index (χ4v) is 12.3. The molecule has 38 heteroatoms. The van der Waals surface area contributed by atoms with E-state index in [2.05, 4.69) is 153 Å². The van der Waals surface area contributed by atoms with Crippen molar-refractivity contribution < 1.29 is 115 Å². The number of carboxylic acid groups (broad SMARTS) is 1. The van der Waals surface area contributed by atoms with E-state index in [9.17, 15) is 68.3 Å². The minimum atomic E-state index is -10.7. The van der Waals surface area contributed by atoms with E-state index in [0.29, 0.717) is 112 Å². The number of benzene rings is 5. The Kier molecular flexibility index (Phi) is 72.4. The van der Waals surface area contributed by atoms with E-state index in [-0.39, 0.29) is 101 Å². The van der Waals surface area contributed by atoms with E-state index in [0.717, 1.165) is 89.1 Å². The average Bonchev–Trinajstić information content (AvgIpc) is 1.78. The van der Waals surface area contributed by atoms with Crippen LogP contribution in [0.5, 0.6) is 0 Å². The Morgan fingerprint density at radius 3 is 1.11 bits per heavy atom. The first-order valence-electron chi connectivity index (χ1n) is 50.8. The number of amidine groups is 3. The van der Waals surface area contributed by atoms with Crippen LogP contribution < -0.4 is 45.1 Å². The van der Waals surface area contributed by atoms with Crippen molar-refractivity contribution in [2.45, 2.75) is 290 Å². The zero-order valence-corrected chi connectivity index (χ0v) is 98.3. The molecule has 850 valence electrons. The number of amides is 6. The second-order valence-electron chi connectivity index (χ2n) is 39.8. The molecule has 3 aliphatic heterocycles. The Labute approximate surface area is 907 Å². The Morgan fingerprint density at radius 1 is 0.493 bits per heavy atom. The first-order chi connectivity index (χ1) is 69.1. The van der Waals surface area contributed by atoms with Gasteiger partial charge in [-0.05, 0) is 183 Å². The first kappa shape index (κ1) is 146. The minimum Gasteiger partial charge on any atom is -1.00 e. The number of alkyl halides is 2. The van der Waals surface area contributed by atoms with Gasteiger partial charge in [0, 0.05) is 64.6 Å². The van der Waals surface area contributed by atoms with Gasteiger partial charge < -0.3 is 78.4 Å². The summed E-state index contributed by atoms with van der Waals surface area (Å²) in [5, 5.41) is 20.3. The van der Waals surface area contributed by atoms with Gasteiger partial charge in [-0.15, -0.1) is 23.2 Å². The third-order valence-corrected chi connectivity index (χ3v) is 22.2. The van der Waals surface area contributed by atoms with Crippen molar-refractivity contribution in [2.75, 3.05) is 65.1 Å². The number of carbonyl (C=O) groups excluding carboxylic acids is 8. The van der Waals surface area contributed by atoms with E-state index in [1.807, 2.05) is 248 Å². The molecule has 28 nitrogen and oxygen atoms in total. The van der Waals surface area contributed by atoms with Crippen molar-refractivity contribution in [1.29, 1.82) is 0 Å². The van der Waals surface area contributed by atoms with Crippen LogP contribution in [0.3, 0.4) is 0 Å². The van der Waals surface area contributed by atoms with E-state index >= 15 is 0 Å². The van der Waals surface area contributed by atoms with Gasteiger partial charge in [0.15, 0.2) is 12.4 Å². The molecule has 0 bridgehead atoms. The van der Waals surface area contributed by atoms with Gasteiger partial charge in [-0.1, -0.05) is 262 Å². The molecule has 6 unspecified atom stereocenters. The largest absolute Gasteiger partial charge is 1.00 e. The summed E-state index contributed by atoms with van der Waals surface area (Å²) in [5.41, 5.74) is 18.6. The van der Waals surface area contributed by atoms with Gasteiger partial charge in [0.25, 0.3) is 17.7 Å². The van der Waals surface area contributed by atoms with Crippen LogP contribution in [-0.4, -0.2) is 186 Å². The molecule has 6 atom stereocenters. The van der Waals surface area contributed by atoms with Crippen LogP contribution in [0, 0.1) is 59.2 Å². The van der Waals surface area contributed by atoms with Crippen molar-refractivity contribution in [1.82, 2.24) is 36.0 Å². The Balaban J connectivity index is -0.000000818. The number of quaternary nitrogens is 1. The van der Waals surface area contributed by atoms with Crippen LogP contribution in [0.4, 0.5) is 34.8 Å². The standard InChI is InChI=1S/C25H38N4O3.C18H24N2O.C17H23N3O.C15H23NO.C13H19NO.C8H15NO3.C6H12O2.C6H15O.C3H7NO2.CH2Cl2.ClH.F6P/c1-17(2)20(26-14-11-15-27-24(31)32-25(5,6)7)22-28-21(18(3)4)23(30)29(22)16-19-12-9-8-10-13-19;1-12(2)14(5)17-19-16(13(3)4)18(21)20(17)11-15-9-7-6-8-10-15;1-11(2)14(18)16-19-15(12(3)4)17(21)20(16)10-13-8-6-5-7-9-13;1-5-17-15(13(4)12(2)3)16-11-14-9-7-6-8-10-14;1-10(2)11(3)13(15)14-9-12-7-5-4-6-8-12;1-8(2,3)12-7(11)9-5-4-6-10;1-4(2)5(3)6(7)8;1-4-7(5-2)6-3;1-6-3(5)2-4;2-1-3;;1-7(2,3,4,5)6/h8-10,12-13,17,20,26H,11,14-16H2,1-7H3,(H,27,31);6-10,12,14H,11H2,1-5H3;5-9,11,14H,10,18H2,1-4H3;6-10,12-13H,5,11H2,1-4H3;4-8,10-11H,9H2,1-3H3,(H,14,15);6H,4-5H2,1-3H3,(H,9,11);4-5H,1-3H3,(H,7,8);4-6H2,1-3H3;2,4H2,1H3;1H2;1H;/q;;;;;;;+1;;;;-1. The van der Waals surface area contributed by atoms with E-state index in [4.69, 9.17) is 53.2 Å². The summed E-state index contributed by atoms with van der Waals surface area (Å²) in [6.07, 6.45) is 0.907. The maximum Gasteiger partial charge on any atom is -1.00 e. The number of aliphatic imine (C=N–C) groups is 4. The second-order valence-corrected chi connectivity index (χ2v) is 42.5. The molecule has 0 aliphatic carbocycles. The zero-order chi connectivity index (χ0) is 115. The van der Waals surface area contributed by atoms with Gasteiger partial charge in [-0.25, -0.2) is 29.4 Å². The molecule has 6 amide bonds. The van der Waals surface area contributed by atoms with Gasteiger partial charge in [-0.2, -0.15) is 0 Å². The predicted molar refractivity (Wildman–Crippen MR) is 595 cm³/mol. The number of aldehydes is 1. The molecule has 3 aliphatic rings. The summed E-state index contributed by atoms with van der Waals surface area (Å²) in [4.78, 5) is 126. The number of aliphatic carboxylic acids is 1. The first-order valence-corrected chi connectivity index (χ1v) is 53.9. The van der Waals surface area contributed by atoms with Gasteiger partial charge in [0.1, 0.15) is 71.9 Å². The number of nitrogens with two attached hydrogens (primary N) is 1. The number of methoxy groups -OCH3 is 1. The Hall–Kier alpha value is -10.5. The number of nitrogens with zero attached hydrogens (tertiary/aromatic N) is 7. The Morgan fingerprint density at radius 2 is 0.827 bits per heavy atom. The number of rotatable bonds is 35. The normalized spacial score (nSPS) is 14.2. The van der Waals surface area contributed by atoms with Crippen LogP contribution in [0.2, 0.25) is 0 Å². The summed E-state index contributed by atoms with van der Waals surface area (Å²) in [6, 6.07) is 49.9. The molecule has 0 aromatic heterocycles. The molecule has 0 radical (unpaired) electrons. The van der Waals surface area contributed by atoms with Crippen LogP contribution in [-0.2, 0) is 89.6 Å². The summed E-state index contributed by atoms with van der Waals surface area (Å²) >= 11 is 9.53. The summed E-state index contributed by atoms with van der Waals surface area (Å²) in [6.45, 7) is 72.5. The maximum absolute atomic E-state index is 13.1. The third-order valence-electron chi connectivity index (χ3n) is 22.2. The van der Waals surface area contributed by atoms with Crippen LogP contribution >= 0.6 is 31.0 Å². The molecule has 0 saturated heterocycles. The maximum atomic E-state index is 13.1. The fourth-order valence-electron chi connectivity index (χ4n) is 12.3. The number of nitrogens with one attached hydrogen (secondary N) is 4. The quantitative estimate of drug-likeness (QED) is 0.00169. The molecule has 5 aromatic rings. The third kappa shape index (κ3) is 67.1. The smallest absolute Gasteiger partial charge is 1.00 e. The van der Waals surface area contributed by atoms with Crippen molar-refractivity contribution >= 4 is 108 Å². The van der Waals surface area contributed by atoms with E-state index < -0.39 is 37.2 Å². The molecular formula is C112H179Cl3F6N13O15P. The zero-order valence-electron chi connectivity index (χ0n) is 95.2. The number of halogens is 9. The van der Waals surface area contributed by atoms with Gasteiger partial charge in [0.05, 0.1) is 63.2 Å². The molecular weight excluding hydrogens is 2020 g/mol. The van der Waals surface area contributed by atoms with Crippen LogP contribution in [0.15, 0.2) is 205 Å². The average molecular weight is 2200 g/mol. The number of ether oxygens (including phenoxy) is 4. The number of carbonyl (C=O) groups is 9. The van der Waals surface area contributed by atoms with E-state index in [1.165, 1.54) is 12.7 Å². The van der Waals surface area contributed by atoms with Gasteiger partial charge in [-0.3, -0.25) is 43.7 Å². The summed E-state index contributed by atoms with van der Waals surface area (Å²) in [5.74, 6) is 4.88. The number of allylic oxidation sites excluding steroid dienone is 3. The topological polar surface area (TPSA) is 374 Å². The molecule has 5 aromatic carbocycles. The van der Waals surface area contributed by atoms with Crippen LogP contribution in [0.25, 0.3) is 0 Å². The monoisotopic (exact) mass is 2200 g/mol. The number of esters is 1. The van der Waals surface area contributed by atoms with Crippen molar-refractivity contribution in [2.24, 2.45) is 84.9 Å². The fraction of sp³-hybridized carbons (Fsp3) is 0.562. The van der Waals surface area contributed by atoms with Crippen molar-refractivity contribution in [3.63, 3.8) is 0 Å². The summed E-state index contributed by atoms with van der Waals surface area (Å²) < 4.78 is 82.3. The number of hydrogen-bond donors (Lipinski definition) is 7. The van der Waals surface area contributed by atoms with Crippen LogP contribution in [0.1, 0.15) is 262 Å². The molecule has 0 saturated carbocycles. The minimum absolute atomic E-state index is 0. The molecule has 10 N–H and O–H groups in total. The van der Waals surface area contributed by atoms with Gasteiger partial charge >= 0.3 is 57.1 Å². The number of hydrogen-bond acceptors (Lipinski definition) is 19. The molecule has 8 rings (SSSR count). The summed E-state index contributed by atoms with van der Waals surface area (Å²) in [7, 11) is -9.32. The van der Waals surface area contributed by atoms with Gasteiger partial charge in [0.2, 0.25) is 5.91 Å². The molecule has 150 heavy (non-hydrogen) atoms. The number of carboxylic acids is 1. The molecule has 3 heterocycles. The molecule has 0 fully saturated rings. The van der Waals surface area contributed by atoms with Crippen molar-refractivity contribution in [3.05, 3.63) is 213 Å². The van der Waals surface area contributed by atoms with Crippen molar-refractivity contribution in [3.8, 4) is 0 Å². The second kappa shape index (κ2) is 74.5. The molecule has 0 spiro atoms. The SMILES string of the molecule is CC(C)(C)OC(=O)NCCC=O.CC(C)=C1N=C(C(C)C(C)C)N(Cc2ccccc2)C1=O.CC(C)=C1N=C(C(N)C(C)C)N(Cc2ccccc2)C1=O.CC(C)=C1N=C(C(NCCCNC(=O)OC(C)(C)C)C(C)C)N(Cc2ccccc2)C1=O.CC(C)C(C)C(=O)NCc1ccccc1.CC(C)C(C)C(=O)O.CCOC(=NCc1ccccc1)C(C)C(C)C.CC[O+](CC)CC.COC(=O)C[NH3+].ClCCl.F[P-](F)(F)(F)(F)F.[Cl-].